The Morgan fingerprint density at radius 1 is 0.296 bits per heavy atom. The Kier molecular flexibility index (Phi) is 25.6. The Bertz CT molecular complexity index is 227. The summed E-state index contributed by atoms with van der Waals surface area (Å²) in [6.07, 6.45) is 12.8. The molecule has 0 spiro atoms. The van der Waals surface area contributed by atoms with Gasteiger partial charge in [0, 0.05) is 13.2 Å². The highest BCUT2D eigenvalue weighted by molar-refractivity contribution is 4.43. The van der Waals surface area contributed by atoms with E-state index in [0.717, 1.165) is 26.1 Å². The molecule has 27 heavy (non-hydrogen) atoms. The van der Waals surface area contributed by atoms with Gasteiger partial charge in [-0.2, -0.15) is 0 Å². The predicted molar refractivity (Wildman–Crippen MR) is 112 cm³/mol. The van der Waals surface area contributed by atoms with Crippen LogP contribution in [0.4, 0.5) is 0 Å². The molecule has 0 heterocycles. The van der Waals surface area contributed by atoms with Gasteiger partial charge in [-0.1, -0.05) is 65.2 Å². The van der Waals surface area contributed by atoms with Gasteiger partial charge in [-0.05, 0) is 12.8 Å². The summed E-state index contributed by atoms with van der Waals surface area (Å²) in [6, 6.07) is 0. The van der Waals surface area contributed by atoms with Crippen molar-refractivity contribution in [3.05, 3.63) is 0 Å². The number of ether oxygens (including phenoxy) is 5. The van der Waals surface area contributed by atoms with Crippen LogP contribution < -0.4 is 0 Å². The summed E-state index contributed by atoms with van der Waals surface area (Å²) in [4.78, 5) is 0. The van der Waals surface area contributed by atoms with Crippen molar-refractivity contribution >= 4 is 0 Å². The first kappa shape index (κ1) is 26.8. The van der Waals surface area contributed by atoms with Crippen LogP contribution in [-0.2, 0) is 23.7 Å². The van der Waals surface area contributed by atoms with Gasteiger partial charge < -0.3 is 23.7 Å². The molecule has 0 aliphatic carbocycles. The van der Waals surface area contributed by atoms with Crippen LogP contribution in [0, 0.1) is 0 Å². The van der Waals surface area contributed by atoms with Gasteiger partial charge in [0.15, 0.2) is 0 Å². The lowest BCUT2D eigenvalue weighted by Crippen LogP contribution is -2.13. The summed E-state index contributed by atoms with van der Waals surface area (Å²) in [5, 5.41) is 0. The molecular formula is C22H46O5. The highest BCUT2D eigenvalue weighted by Gasteiger charge is 1.94. The van der Waals surface area contributed by atoms with Crippen LogP contribution in [-0.4, -0.2) is 66.1 Å². The average Bonchev–Trinajstić information content (AvgIpc) is 2.68. The van der Waals surface area contributed by atoms with Crippen molar-refractivity contribution in [3.63, 3.8) is 0 Å². The molecule has 0 rings (SSSR count). The maximum Gasteiger partial charge on any atom is 0.0701 e. The first-order valence-corrected chi connectivity index (χ1v) is 11.3. The summed E-state index contributed by atoms with van der Waals surface area (Å²) >= 11 is 0. The maximum absolute atomic E-state index is 5.56. The summed E-state index contributed by atoms with van der Waals surface area (Å²) in [5.74, 6) is 0. The molecule has 0 aromatic rings. The molecule has 0 unspecified atom stereocenters. The zero-order valence-electron chi connectivity index (χ0n) is 18.2. The molecule has 0 saturated heterocycles. The largest absolute Gasteiger partial charge is 0.379 e. The zero-order chi connectivity index (χ0) is 19.7. The van der Waals surface area contributed by atoms with E-state index in [4.69, 9.17) is 23.7 Å². The lowest BCUT2D eigenvalue weighted by Gasteiger charge is -2.08. The van der Waals surface area contributed by atoms with Crippen molar-refractivity contribution in [2.45, 2.75) is 78.1 Å². The smallest absolute Gasteiger partial charge is 0.0701 e. The molecular weight excluding hydrogens is 344 g/mol. The Balaban J connectivity index is 2.95. The van der Waals surface area contributed by atoms with Gasteiger partial charge in [0.25, 0.3) is 0 Å². The van der Waals surface area contributed by atoms with E-state index in [2.05, 4.69) is 13.8 Å². The van der Waals surface area contributed by atoms with Gasteiger partial charge in [-0.3, -0.25) is 0 Å². The van der Waals surface area contributed by atoms with Crippen molar-refractivity contribution in [2.24, 2.45) is 0 Å². The van der Waals surface area contributed by atoms with Crippen molar-refractivity contribution in [3.8, 4) is 0 Å². The second-order valence-electron chi connectivity index (χ2n) is 6.89. The molecule has 0 bridgehead atoms. The summed E-state index contributed by atoms with van der Waals surface area (Å²) in [7, 11) is 0. The second kappa shape index (κ2) is 25.8. The molecule has 0 atom stereocenters. The average molecular weight is 391 g/mol. The normalized spacial score (nSPS) is 11.3. The third-order valence-electron chi connectivity index (χ3n) is 4.27. The highest BCUT2D eigenvalue weighted by Crippen LogP contribution is 2.04. The lowest BCUT2D eigenvalue weighted by atomic mass is 10.1. The van der Waals surface area contributed by atoms with Crippen molar-refractivity contribution < 1.29 is 23.7 Å². The van der Waals surface area contributed by atoms with Gasteiger partial charge in [0.05, 0.1) is 52.9 Å². The number of hydrogen-bond donors (Lipinski definition) is 0. The fourth-order valence-electron chi connectivity index (χ4n) is 2.60. The van der Waals surface area contributed by atoms with E-state index >= 15 is 0 Å². The molecule has 0 aliphatic heterocycles. The molecule has 5 heteroatoms. The molecule has 0 saturated carbocycles. The van der Waals surface area contributed by atoms with Crippen molar-refractivity contribution in [1.82, 2.24) is 0 Å². The molecule has 0 fully saturated rings. The number of hydrogen-bond acceptors (Lipinski definition) is 5. The number of unbranched alkanes of at least 4 members (excludes halogenated alkanes) is 8. The fourth-order valence-corrected chi connectivity index (χ4v) is 2.60. The van der Waals surface area contributed by atoms with Gasteiger partial charge in [-0.25, -0.2) is 0 Å². The van der Waals surface area contributed by atoms with Crippen LogP contribution in [0.2, 0.25) is 0 Å². The van der Waals surface area contributed by atoms with E-state index in [-0.39, 0.29) is 0 Å². The topological polar surface area (TPSA) is 46.2 Å². The second-order valence-corrected chi connectivity index (χ2v) is 6.89. The lowest BCUT2D eigenvalue weighted by molar-refractivity contribution is -0.0114. The van der Waals surface area contributed by atoms with Gasteiger partial charge in [-0.15, -0.1) is 0 Å². The molecule has 0 amide bonds. The van der Waals surface area contributed by atoms with Crippen LogP contribution in [0.25, 0.3) is 0 Å². The molecule has 0 N–H and O–H groups in total. The highest BCUT2D eigenvalue weighted by atomic mass is 16.6. The summed E-state index contributed by atoms with van der Waals surface area (Å²) in [6.45, 7) is 11.2. The molecule has 0 aliphatic rings. The van der Waals surface area contributed by atoms with E-state index in [1.54, 1.807) is 0 Å². The van der Waals surface area contributed by atoms with Crippen LogP contribution in [0.1, 0.15) is 78.1 Å². The SMILES string of the molecule is CCCCCCCCOCCOCCOCCOCCOCCCCCC. The molecule has 0 aromatic carbocycles. The van der Waals surface area contributed by atoms with E-state index in [1.807, 2.05) is 0 Å². The third kappa shape index (κ3) is 25.8. The Hall–Kier alpha value is -0.200. The Labute approximate surface area is 168 Å². The third-order valence-corrected chi connectivity index (χ3v) is 4.27. The van der Waals surface area contributed by atoms with Crippen LogP contribution in [0.5, 0.6) is 0 Å². The quantitative estimate of drug-likeness (QED) is 0.217. The first-order chi connectivity index (χ1) is 13.4. The van der Waals surface area contributed by atoms with Crippen molar-refractivity contribution in [2.75, 3.05) is 66.1 Å². The monoisotopic (exact) mass is 390 g/mol. The minimum Gasteiger partial charge on any atom is -0.379 e. The van der Waals surface area contributed by atoms with E-state index in [0.29, 0.717) is 52.9 Å². The molecule has 0 aromatic heterocycles. The minimum absolute atomic E-state index is 0.606. The van der Waals surface area contributed by atoms with Crippen LogP contribution in [0.3, 0.4) is 0 Å². The Morgan fingerprint density at radius 3 is 0.926 bits per heavy atom. The van der Waals surface area contributed by atoms with Gasteiger partial charge in [0.2, 0.25) is 0 Å². The molecule has 0 radical (unpaired) electrons. The van der Waals surface area contributed by atoms with E-state index in [9.17, 15) is 0 Å². The van der Waals surface area contributed by atoms with E-state index in [1.165, 1.54) is 51.4 Å². The maximum atomic E-state index is 5.56. The standard InChI is InChI=1S/C22H46O5/c1-3-5-7-9-10-12-14-24-16-18-26-20-22-27-21-19-25-17-15-23-13-11-8-6-4-2/h3-22H2,1-2H3. The van der Waals surface area contributed by atoms with Gasteiger partial charge in [0.1, 0.15) is 0 Å². The fraction of sp³-hybridized carbons (Fsp3) is 1.00. The van der Waals surface area contributed by atoms with E-state index < -0.39 is 0 Å². The van der Waals surface area contributed by atoms with Crippen molar-refractivity contribution in [1.29, 1.82) is 0 Å². The predicted octanol–water partition coefficient (Wildman–Crippen LogP) is 5.01. The first-order valence-electron chi connectivity index (χ1n) is 11.3. The zero-order valence-corrected chi connectivity index (χ0v) is 18.2. The number of rotatable bonds is 24. The summed E-state index contributed by atoms with van der Waals surface area (Å²) in [5.41, 5.74) is 0. The minimum atomic E-state index is 0.606. The van der Waals surface area contributed by atoms with Crippen LogP contribution in [0.15, 0.2) is 0 Å². The summed E-state index contributed by atoms with van der Waals surface area (Å²) < 4.78 is 27.5. The molecule has 164 valence electrons. The van der Waals surface area contributed by atoms with Gasteiger partial charge >= 0.3 is 0 Å². The van der Waals surface area contributed by atoms with Crippen LogP contribution >= 0.6 is 0 Å². The Morgan fingerprint density at radius 2 is 0.556 bits per heavy atom. The molecule has 5 nitrogen and oxygen atoms in total.